The summed E-state index contributed by atoms with van der Waals surface area (Å²) >= 11 is 9.48. The molecule has 0 aliphatic rings. The number of benzene rings is 2. The monoisotopic (exact) mass is 341 g/mol. The van der Waals surface area contributed by atoms with Gasteiger partial charge < -0.3 is 15.2 Å². The van der Waals surface area contributed by atoms with Crippen LogP contribution in [0.4, 0.5) is 5.69 Å². The van der Waals surface area contributed by atoms with Gasteiger partial charge in [0.25, 0.3) is 0 Å². The van der Waals surface area contributed by atoms with E-state index < -0.39 is 0 Å². The molecule has 0 amide bonds. The molecule has 0 aliphatic carbocycles. The van der Waals surface area contributed by atoms with Gasteiger partial charge in [-0.1, -0.05) is 33.6 Å². The summed E-state index contributed by atoms with van der Waals surface area (Å²) in [5.41, 5.74) is 7.27. The second-order valence-corrected chi connectivity index (χ2v) is 5.25. The molecule has 100 valence electrons. The Morgan fingerprint density at radius 3 is 2.63 bits per heavy atom. The average molecular weight is 343 g/mol. The van der Waals surface area contributed by atoms with Gasteiger partial charge in [0.15, 0.2) is 0 Å². The number of ether oxygens (including phenoxy) is 2. The van der Waals surface area contributed by atoms with Crippen LogP contribution in [-0.2, 0) is 6.61 Å². The number of methoxy groups -OCH3 is 1. The Kier molecular flexibility index (Phi) is 4.56. The van der Waals surface area contributed by atoms with Gasteiger partial charge in [-0.25, -0.2) is 0 Å². The van der Waals surface area contributed by atoms with Crippen LogP contribution in [0.2, 0.25) is 5.02 Å². The maximum atomic E-state index is 6.12. The molecule has 2 aromatic carbocycles. The third-order valence-corrected chi connectivity index (χ3v) is 3.46. The molecule has 0 saturated heterocycles. The topological polar surface area (TPSA) is 44.5 Å². The van der Waals surface area contributed by atoms with Crippen molar-refractivity contribution in [2.45, 2.75) is 6.61 Å². The molecular weight excluding hydrogens is 330 g/mol. The molecule has 0 aliphatic heterocycles. The van der Waals surface area contributed by atoms with E-state index in [-0.39, 0.29) is 0 Å². The zero-order valence-electron chi connectivity index (χ0n) is 10.3. The van der Waals surface area contributed by atoms with Crippen LogP contribution in [0.15, 0.2) is 40.9 Å². The van der Waals surface area contributed by atoms with Crippen LogP contribution in [0.5, 0.6) is 11.5 Å². The molecule has 5 heteroatoms. The van der Waals surface area contributed by atoms with Crippen LogP contribution in [0.1, 0.15) is 5.56 Å². The standard InChI is InChI=1S/C14H13BrClNO2/c1-18-14-5-4-11(7-13(14)17)19-8-9-2-3-10(15)6-12(9)16/h2-7H,8,17H2,1H3. The molecule has 2 aromatic rings. The molecule has 0 atom stereocenters. The minimum absolute atomic E-state index is 0.387. The first-order valence-electron chi connectivity index (χ1n) is 5.60. The third kappa shape index (κ3) is 3.55. The fraction of sp³-hybridized carbons (Fsp3) is 0.143. The van der Waals surface area contributed by atoms with E-state index in [9.17, 15) is 0 Å². The summed E-state index contributed by atoms with van der Waals surface area (Å²) in [5, 5.41) is 0.663. The lowest BCUT2D eigenvalue weighted by Gasteiger charge is -2.10. The largest absolute Gasteiger partial charge is 0.495 e. The first kappa shape index (κ1) is 14.0. The van der Waals surface area contributed by atoms with E-state index in [4.69, 9.17) is 26.8 Å². The van der Waals surface area contributed by atoms with E-state index >= 15 is 0 Å². The predicted molar refractivity (Wildman–Crippen MR) is 80.9 cm³/mol. The zero-order chi connectivity index (χ0) is 13.8. The predicted octanol–water partition coefficient (Wildman–Crippen LogP) is 4.27. The van der Waals surface area contributed by atoms with Crippen molar-refractivity contribution >= 4 is 33.2 Å². The highest BCUT2D eigenvalue weighted by molar-refractivity contribution is 9.10. The summed E-state index contributed by atoms with van der Waals surface area (Å²) in [6.45, 7) is 0.387. The highest BCUT2D eigenvalue weighted by Gasteiger charge is 2.04. The van der Waals surface area contributed by atoms with Crippen molar-refractivity contribution in [3.63, 3.8) is 0 Å². The van der Waals surface area contributed by atoms with E-state index in [0.29, 0.717) is 28.8 Å². The van der Waals surface area contributed by atoms with Gasteiger partial charge in [0.2, 0.25) is 0 Å². The summed E-state index contributed by atoms with van der Waals surface area (Å²) in [4.78, 5) is 0. The Morgan fingerprint density at radius 1 is 1.21 bits per heavy atom. The summed E-state index contributed by atoms with van der Waals surface area (Å²) in [7, 11) is 1.58. The lowest BCUT2D eigenvalue weighted by atomic mass is 10.2. The van der Waals surface area contributed by atoms with Gasteiger partial charge in [0.1, 0.15) is 18.1 Å². The Balaban J connectivity index is 2.08. The van der Waals surface area contributed by atoms with Crippen molar-refractivity contribution in [3.8, 4) is 11.5 Å². The molecule has 0 unspecified atom stereocenters. The molecule has 0 heterocycles. The van der Waals surface area contributed by atoms with Crippen LogP contribution in [-0.4, -0.2) is 7.11 Å². The van der Waals surface area contributed by atoms with Gasteiger partial charge in [-0.05, 0) is 24.3 Å². The van der Waals surface area contributed by atoms with Crippen LogP contribution in [0, 0.1) is 0 Å². The van der Waals surface area contributed by atoms with Crippen molar-refractivity contribution in [2.24, 2.45) is 0 Å². The second kappa shape index (κ2) is 6.17. The van der Waals surface area contributed by atoms with Crippen molar-refractivity contribution in [1.29, 1.82) is 0 Å². The van der Waals surface area contributed by atoms with E-state index in [1.165, 1.54) is 0 Å². The molecule has 0 saturated carbocycles. The second-order valence-electron chi connectivity index (χ2n) is 3.93. The van der Waals surface area contributed by atoms with E-state index in [1.807, 2.05) is 24.3 Å². The molecule has 2 N–H and O–H groups in total. The van der Waals surface area contributed by atoms with Crippen LogP contribution >= 0.6 is 27.5 Å². The number of rotatable bonds is 4. The van der Waals surface area contributed by atoms with Crippen LogP contribution < -0.4 is 15.2 Å². The number of halogens is 2. The van der Waals surface area contributed by atoms with E-state index in [0.717, 1.165) is 10.0 Å². The maximum absolute atomic E-state index is 6.12. The minimum atomic E-state index is 0.387. The molecule has 0 fully saturated rings. The molecule has 0 aromatic heterocycles. The van der Waals surface area contributed by atoms with Crippen molar-refractivity contribution < 1.29 is 9.47 Å². The summed E-state index contributed by atoms with van der Waals surface area (Å²) in [6, 6.07) is 11.0. The normalized spacial score (nSPS) is 10.3. The Bertz CT molecular complexity index is 590. The molecular formula is C14H13BrClNO2. The summed E-state index contributed by atoms with van der Waals surface area (Å²) < 4.78 is 11.7. The lowest BCUT2D eigenvalue weighted by molar-refractivity contribution is 0.306. The molecule has 2 rings (SSSR count). The fourth-order valence-corrected chi connectivity index (χ4v) is 2.33. The third-order valence-electron chi connectivity index (χ3n) is 2.61. The van der Waals surface area contributed by atoms with Crippen molar-refractivity contribution in [2.75, 3.05) is 12.8 Å². The SMILES string of the molecule is COc1ccc(OCc2ccc(Br)cc2Cl)cc1N. The van der Waals surface area contributed by atoms with Gasteiger partial charge >= 0.3 is 0 Å². The quantitative estimate of drug-likeness (QED) is 0.844. The highest BCUT2D eigenvalue weighted by atomic mass is 79.9. The van der Waals surface area contributed by atoms with Gasteiger partial charge in [-0.15, -0.1) is 0 Å². The first-order chi connectivity index (χ1) is 9.10. The minimum Gasteiger partial charge on any atom is -0.495 e. The molecule has 0 radical (unpaired) electrons. The number of anilines is 1. The van der Waals surface area contributed by atoms with Gasteiger partial charge in [0, 0.05) is 21.1 Å². The summed E-state index contributed by atoms with van der Waals surface area (Å²) in [5.74, 6) is 1.31. The first-order valence-corrected chi connectivity index (χ1v) is 6.77. The Morgan fingerprint density at radius 2 is 2.00 bits per heavy atom. The smallest absolute Gasteiger partial charge is 0.142 e. The highest BCUT2D eigenvalue weighted by Crippen LogP contribution is 2.27. The molecule has 0 bridgehead atoms. The number of hydrogen-bond acceptors (Lipinski definition) is 3. The Hall–Kier alpha value is -1.39. The fourth-order valence-electron chi connectivity index (χ4n) is 1.60. The van der Waals surface area contributed by atoms with Crippen LogP contribution in [0.25, 0.3) is 0 Å². The lowest BCUT2D eigenvalue weighted by Crippen LogP contribution is -1.98. The molecule has 0 spiro atoms. The average Bonchev–Trinajstić information content (AvgIpc) is 2.38. The van der Waals surface area contributed by atoms with E-state index in [2.05, 4.69) is 15.9 Å². The van der Waals surface area contributed by atoms with Gasteiger partial charge in [-0.2, -0.15) is 0 Å². The van der Waals surface area contributed by atoms with Gasteiger partial charge in [0.05, 0.1) is 12.8 Å². The van der Waals surface area contributed by atoms with Crippen molar-refractivity contribution in [3.05, 3.63) is 51.5 Å². The van der Waals surface area contributed by atoms with Crippen LogP contribution in [0.3, 0.4) is 0 Å². The van der Waals surface area contributed by atoms with Gasteiger partial charge in [-0.3, -0.25) is 0 Å². The molecule has 3 nitrogen and oxygen atoms in total. The number of nitrogen functional groups attached to an aromatic ring is 1. The Labute approximate surface area is 125 Å². The maximum Gasteiger partial charge on any atom is 0.142 e. The van der Waals surface area contributed by atoms with Crippen molar-refractivity contribution in [1.82, 2.24) is 0 Å². The molecule has 19 heavy (non-hydrogen) atoms. The summed E-state index contributed by atoms with van der Waals surface area (Å²) in [6.07, 6.45) is 0. The van der Waals surface area contributed by atoms with E-state index in [1.54, 1.807) is 19.2 Å². The number of nitrogens with two attached hydrogens (primary N) is 1. The zero-order valence-corrected chi connectivity index (χ0v) is 12.7. The number of hydrogen-bond donors (Lipinski definition) is 1.